The van der Waals surface area contributed by atoms with Crippen LogP contribution in [-0.4, -0.2) is 26.1 Å². The van der Waals surface area contributed by atoms with Crippen LogP contribution in [0, 0.1) is 0 Å². The third-order valence-electron chi connectivity index (χ3n) is 2.22. The molecule has 1 aromatic carbocycles. The van der Waals surface area contributed by atoms with Crippen molar-refractivity contribution in [2.24, 2.45) is 0 Å². The lowest BCUT2D eigenvalue weighted by Crippen LogP contribution is -2.19. The van der Waals surface area contributed by atoms with Crippen LogP contribution in [0.2, 0.25) is 0 Å². The topological polar surface area (TPSA) is 50.4 Å². The lowest BCUT2D eigenvalue weighted by Gasteiger charge is -2.11. The van der Waals surface area contributed by atoms with Gasteiger partial charge in [0.05, 0.1) is 12.3 Å². The van der Waals surface area contributed by atoms with Crippen molar-refractivity contribution in [3.05, 3.63) is 24.3 Å². The van der Waals surface area contributed by atoms with Gasteiger partial charge in [-0.15, -0.1) is 12.4 Å². The van der Waals surface area contributed by atoms with E-state index >= 15 is 0 Å². The van der Waals surface area contributed by atoms with Gasteiger partial charge in [-0.3, -0.25) is 4.79 Å². The highest BCUT2D eigenvalue weighted by Crippen LogP contribution is 2.23. The number of carbonyl (C=O) groups excluding carboxylic acids is 1. The van der Waals surface area contributed by atoms with Crippen LogP contribution in [0.1, 0.15) is 19.8 Å². The number of para-hydroxylation sites is 2. The third kappa shape index (κ3) is 5.89. The van der Waals surface area contributed by atoms with E-state index in [1.165, 1.54) is 0 Å². The molecule has 0 fully saturated rings. The number of hydrogen-bond donors (Lipinski definition) is 2. The number of anilines is 1. The SMILES string of the molecule is CCCOc1ccccc1NC(=O)CCNC.Cl. The molecule has 0 saturated heterocycles. The van der Waals surface area contributed by atoms with Crippen LogP contribution in [-0.2, 0) is 4.79 Å². The summed E-state index contributed by atoms with van der Waals surface area (Å²) in [5, 5.41) is 5.79. The van der Waals surface area contributed by atoms with Gasteiger partial charge in [0, 0.05) is 13.0 Å². The molecule has 2 N–H and O–H groups in total. The second-order valence-corrected chi connectivity index (χ2v) is 3.75. The van der Waals surface area contributed by atoms with Crippen molar-refractivity contribution < 1.29 is 9.53 Å². The summed E-state index contributed by atoms with van der Waals surface area (Å²) in [5.41, 5.74) is 0.738. The molecule has 0 aliphatic carbocycles. The molecule has 0 unspecified atom stereocenters. The van der Waals surface area contributed by atoms with Gasteiger partial charge in [-0.1, -0.05) is 19.1 Å². The van der Waals surface area contributed by atoms with E-state index in [9.17, 15) is 4.79 Å². The van der Waals surface area contributed by atoms with Crippen LogP contribution < -0.4 is 15.4 Å². The zero-order valence-corrected chi connectivity index (χ0v) is 11.7. The summed E-state index contributed by atoms with van der Waals surface area (Å²) >= 11 is 0. The van der Waals surface area contributed by atoms with Crippen LogP contribution in [0.3, 0.4) is 0 Å². The van der Waals surface area contributed by atoms with Gasteiger partial charge < -0.3 is 15.4 Å². The Labute approximate surface area is 115 Å². The Morgan fingerprint density at radius 2 is 2.06 bits per heavy atom. The molecule has 0 spiro atoms. The lowest BCUT2D eigenvalue weighted by molar-refractivity contribution is -0.116. The lowest BCUT2D eigenvalue weighted by atomic mass is 10.2. The number of halogens is 1. The van der Waals surface area contributed by atoms with E-state index in [-0.39, 0.29) is 18.3 Å². The van der Waals surface area contributed by atoms with E-state index in [1.807, 2.05) is 38.2 Å². The molecule has 0 heterocycles. The van der Waals surface area contributed by atoms with Gasteiger partial charge in [-0.2, -0.15) is 0 Å². The average Bonchev–Trinajstić information content (AvgIpc) is 2.35. The van der Waals surface area contributed by atoms with E-state index in [1.54, 1.807) is 0 Å². The van der Waals surface area contributed by atoms with Gasteiger partial charge in [-0.05, 0) is 25.6 Å². The van der Waals surface area contributed by atoms with Crippen molar-refractivity contribution in [1.82, 2.24) is 5.32 Å². The second kappa shape index (κ2) is 9.74. The number of rotatable bonds is 7. The van der Waals surface area contributed by atoms with Crippen LogP contribution in [0.15, 0.2) is 24.3 Å². The quantitative estimate of drug-likeness (QED) is 0.802. The highest BCUT2D eigenvalue weighted by molar-refractivity contribution is 5.92. The van der Waals surface area contributed by atoms with Crippen molar-refractivity contribution in [1.29, 1.82) is 0 Å². The maximum atomic E-state index is 11.6. The van der Waals surface area contributed by atoms with Crippen LogP contribution >= 0.6 is 12.4 Å². The van der Waals surface area contributed by atoms with Crippen molar-refractivity contribution in [3.8, 4) is 5.75 Å². The first-order chi connectivity index (χ1) is 8.27. The van der Waals surface area contributed by atoms with Gasteiger partial charge in [0.25, 0.3) is 0 Å². The first-order valence-electron chi connectivity index (χ1n) is 5.94. The fourth-order valence-corrected chi connectivity index (χ4v) is 1.36. The van der Waals surface area contributed by atoms with E-state index in [2.05, 4.69) is 10.6 Å². The number of carbonyl (C=O) groups is 1. The zero-order valence-electron chi connectivity index (χ0n) is 10.9. The molecule has 1 amide bonds. The largest absolute Gasteiger partial charge is 0.491 e. The number of ether oxygens (including phenoxy) is 1. The van der Waals surface area contributed by atoms with Crippen molar-refractivity contribution in [3.63, 3.8) is 0 Å². The summed E-state index contributed by atoms with van der Waals surface area (Å²) in [4.78, 5) is 11.6. The van der Waals surface area contributed by atoms with Gasteiger partial charge in [0.1, 0.15) is 5.75 Å². The molecule has 0 saturated carbocycles. The minimum Gasteiger partial charge on any atom is -0.491 e. The molecule has 0 bridgehead atoms. The number of benzene rings is 1. The molecule has 1 aromatic rings. The van der Waals surface area contributed by atoms with Gasteiger partial charge in [0.2, 0.25) is 5.91 Å². The second-order valence-electron chi connectivity index (χ2n) is 3.75. The van der Waals surface area contributed by atoms with Crippen molar-refractivity contribution >= 4 is 24.0 Å². The van der Waals surface area contributed by atoms with Gasteiger partial charge >= 0.3 is 0 Å². The maximum absolute atomic E-state index is 11.6. The Bertz CT molecular complexity index is 359. The monoisotopic (exact) mass is 272 g/mol. The van der Waals surface area contributed by atoms with E-state index < -0.39 is 0 Å². The molecule has 0 aliphatic heterocycles. The molecule has 18 heavy (non-hydrogen) atoms. The normalized spacial score (nSPS) is 9.44. The minimum absolute atomic E-state index is 0. The Morgan fingerprint density at radius 3 is 2.72 bits per heavy atom. The summed E-state index contributed by atoms with van der Waals surface area (Å²) in [6, 6.07) is 7.49. The highest BCUT2D eigenvalue weighted by atomic mass is 35.5. The number of hydrogen-bond acceptors (Lipinski definition) is 3. The van der Waals surface area contributed by atoms with Crippen LogP contribution in [0.4, 0.5) is 5.69 Å². The smallest absolute Gasteiger partial charge is 0.225 e. The maximum Gasteiger partial charge on any atom is 0.225 e. The predicted octanol–water partition coefficient (Wildman–Crippen LogP) is 2.45. The Balaban J connectivity index is 0.00000289. The molecular formula is C13H21ClN2O2. The standard InChI is InChI=1S/C13H20N2O2.ClH/c1-3-10-17-12-7-5-4-6-11(12)15-13(16)8-9-14-2;/h4-7,14H,3,8-10H2,1-2H3,(H,15,16);1H. The number of amides is 1. The Kier molecular flexibility index (Phi) is 9.06. The molecule has 0 aromatic heterocycles. The van der Waals surface area contributed by atoms with E-state index in [4.69, 9.17) is 4.74 Å². The van der Waals surface area contributed by atoms with Crippen LogP contribution in [0.5, 0.6) is 5.75 Å². The van der Waals surface area contributed by atoms with Gasteiger partial charge in [-0.25, -0.2) is 0 Å². The third-order valence-corrected chi connectivity index (χ3v) is 2.22. The van der Waals surface area contributed by atoms with E-state index in [0.29, 0.717) is 19.6 Å². The molecule has 0 atom stereocenters. The molecule has 5 heteroatoms. The van der Waals surface area contributed by atoms with Crippen molar-refractivity contribution in [2.75, 3.05) is 25.5 Å². The molecular weight excluding hydrogens is 252 g/mol. The van der Waals surface area contributed by atoms with Crippen LogP contribution in [0.25, 0.3) is 0 Å². The first kappa shape index (κ1) is 16.7. The Hall–Kier alpha value is -1.26. The van der Waals surface area contributed by atoms with E-state index in [0.717, 1.165) is 17.9 Å². The van der Waals surface area contributed by atoms with Gasteiger partial charge in [0.15, 0.2) is 0 Å². The molecule has 102 valence electrons. The number of nitrogens with one attached hydrogen (secondary N) is 2. The Morgan fingerprint density at radius 1 is 1.33 bits per heavy atom. The highest BCUT2D eigenvalue weighted by Gasteiger charge is 2.06. The minimum atomic E-state index is -0.00750. The molecule has 1 rings (SSSR count). The molecule has 0 aliphatic rings. The molecule has 0 radical (unpaired) electrons. The van der Waals surface area contributed by atoms with Crippen molar-refractivity contribution in [2.45, 2.75) is 19.8 Å². The summed E-state index contributed by atoms with van der Waals surface area (Å²) in [5.74, 6) is 0.721. The fourth-order valence-electron chi connectivity index (χ4n) is 1.36. The fraction of sp³-hybridized carbons (Fsp3) is 0.462. The molecule has 4 nitrogen and oxygen atoms in total. The summed E-state index contributed by atoms with van der Waals surface area (Å²) < 4.78 is 5.56. The first-order valence-corrected chi connectivity index (χ1v) is 5.94. The summed E-state index contributed by atoms with van der Waals surface area (Å²) in [7, 11) is 1.82. The summed E-state index contributed by atoms with van der Waals surface area (Å²) in [6.07, 6.45) is 1.40. The predicted molar refractivity (Wildman–Crippen MR) is 76.6 cm³/mol. The zero-order chi connectivity index (χ0) is 12.5. The average molecular weight is 273 g/mol. The summed E-state index contributed by atoms with van der Waals surface area (Å²) in [6.45, 7) is 3.38.